The Bertz CT molecular complexity index is 1980. The molecule has 6 aromatic rings. The van der Waals surface area contributed by atoms with Crippen LogP contribution in [0.2, 0.25) is 0 Å². The first-order valence-corrected chi connectivity index (χ1v) is 18.9. The number of allylic oxidation sites excluding steroid dienone is 2. The maximum Gasteiger partial charge on any atom is -0.0132 e. The highest BCUT2D eigenvalue weighted by Crippen LogP contribution is 2.35. The maximum absolute atomic E-state index is 2.43. The van der Waals surface area contributed by atoms with Crippen LogP contribution in [-0.2, 0) is 11.8 Å². The van der Waals surface area contributed by atoms with E-state index in [9.17, 15) is 0 Å². The minimum Gasteiger partial charge on any atom is -0.0651 e. The van der Waals surface area contributed by atoms with E-state index in [2.05, 4.69) is 203 Å². The summed E-state index contributed by atoms with van der Waals surface area (Å²) in [5.41, 5.74) is 15.3. The number of benzene rings is 6. The number of rotatable bonds is 7. The molecule has 0 fully saturated rings. The van der Waals surface area contributed by atoms with E-state index in [1.54, 1.807) is 0 Å². The fraction of sp³-hybridized carbons (Fsp3) is 0.294. The van der Waals surface area contributed by atoms with Crippen molar-refractivity contribution in [2.45, 2.75) is 99.8 Å². The van der Waals surface area contributed by atoms with Gasteiger partial charge in [-0.05, 0) is 118 Å². The van der Waals surface area contributed by atoms with Crippen molar-refractivity contribution in [1.82, 2.24) is 0 Å². The first kappa shape index (κ1) is 39.1. The highest BCUT2D eigenvalue weighted by molar-refractivity contribution is 5.96. The molecule has 0 spiro atoms. The zero-order valence-corrected chi connectivity index (χ0v) is 33.0. The third-order valence-corrected chi connectivity index (χ3v) is 10.2. The lowest BCUT2D eigenvalue weighted by Gasteiger charge is -2.23. The van der Waals surface area contributed by atoms with Gasteiger partial charge in [-0.1, -0.05) is 193 Å². The van der Waals surface area contributed by atoms with Crippen molar-refractivity contribution >= 4 is 21.9 Å². The summed E-state index contributed by atoms with van der Waals surface area (Å²) < 4.78 is 0. The Hall–Kier alpha value is -4.68. The monoisotopic (exact) mass is 672 g/mol. The second-order valence-electron chi connectivity index (χ2n) is 15.0. The predicted octanol–water partition coefficient (Wildman–Crippen LogP) is 15.2. The Balaban J connectivity index is 0.000000207. The van der Waals surface area contributed by atoms with E-state index in [1.165, 1.54) is 84.8 Å². The second kappa shape index (κ2) is 18.5. The molecule has 0 aliphatic rings. The molecule has 6 rings (SSSR count). The van der Waals surface area contributed by atoms with Crippen molar-refractivity contribution in [3.05, 3.63) is 178 Å². The second-order valence-corrected chi connectivity index (χ2v) is 15.0. The summed E-state index contributed by atoms with van der Waals surface area (Å²) in [6.07, 6.45) is 3.52. The average Bonchev–Trinajstić information content (AvgIpc) is 3.15. The molecule has 0 aliphatic heterocycles. The van der Waals surface area contributed by atoms with Gasteiger partial charge in [-0.3, -0.25) is 0 Å². The molecule has 0 amide bonds. The number of hydrogen-bond acceptors (Lipinski definition) is 0. The lowest BCUT2D eigenvalue weighted by atomic mass is 9.82. The Kier molecular flexibility index (Phi) is 14.2. The van der Waals surface area contributed by atoms with Crippen LogP contribution in [0.5, 0.6) is 0 Å². The quantitative estimate of drug-likeness (QED) is 0.148. The van der Waals surface area contributed by atoms with E-state index in [4.69, 9.17) is 0 Å². The molecule has 264 valence electrons. The lowest BCUT2D eigenvalue weighted by molar-refractivity contribution is 0.589. The van der Waals surface area contributed by atoms with Gasteiger partial charge in [0.25, 0.3) is 0 Å². The molecule has 0 saturated heterocycles. The molecule has 0 bridgehead atoms. The van der Waals surface area contributed by atoms with E-state index in [0.717, 1.165) is 6.42 Å². The van der Waals surface area contributed by atoms with E-state index in [0.29, 0.717) is 5.92 Å². The largest absolute Gasteiger partial charge is 0.0651 e. The van der Waals surface area contributed by atoms with Crippen LogP contribution in [0.1, 0.15) is 113 Å². The first-order valence-electron chi connectivity index (χ1n) is 18.9. The third-order valence-electron chi connectivity index (χ3n) is 10.2. The van der Waals surface area contributed by atoms with Gasteiger partial charge in [-0.25, -0.2) is 0 Å². The molecular formula is C51H60. The number of hydrogen-bond donors (Lipinski definition) is 0. The van der Waals surface area contributed by atoms with Crippen LogP contribution in [0.3, 0.4) is 0 Å². The molecule has 6 aromatic carbocycles. The van der Waals surface area contributed by atoms with Crippen LogP contribution < -0.4 is 0 Å². The standard InChI is InChI=1S/C28H34.C13H12.C10H14/c1-8-11-22-14-16-24(28(5,6)7)18-27(22)20(3)19(2)25-17-15-23-12-9-10-13-26(23)21(25)4;1-11-7-9-13(10-8-11)12-5-3-2-4-6-12;1-3-9(2)10-7-5-4-6-8-10/h9-10,12-18H,8,11H2,1-7H3;2-10H,1H3;4-9H,3H2,1-2H3/b20-19+;;. The van der Waals surface area contributed by atoms with Crippen molar-refractivity contribution in [3.8, 4) is 11.1 Å². The Labute approximate surface area is 310 Å². The minimum absolute atomic E-state index is 0.159. The zero-order valence-electron chi connectivity index (χ0n) is 33.0. The Morgan fingerprint density at radius 1 is 0.588 bits per heavy atom. The molecule has 1 unspecified atom stereocenters. The molecule has 1 atom stereocenters. The minimum atomic E-state index is 0.159. The van der Waals surface area contributed by atoms with Gasteiger partial charge >= 0.3 is 0 Å². The smallest absolute Gasteiger partial charge is 0.0132 e. The molecular weight excluding hydrogens is 613 g/mol. The van der Waals surface area contributed by atoms with Crippen LogP contribution in [-0.4, -0.2) is 0 Å². The van der Waals surface area contributed by atoms with Crippen LogP contribution in [0.15, 0.2) is 140 Å². The molecule has 0 heterocycles. The van der Waals surface area contributed by atoms with Gasteiger partial charge < -0.3 is 0 Å². The van der Waals surface area contributed by atoms with Crippen molar-refractivity contribution in [2.75, 3.05) is 0 Å². The van der Waals surface area contributed by atoms with Gasteiger partial charge in [0, 0.05) is 0 Å². The summed E-state index contributed by atoms with van der Waals surface area (Å²) in [6.45, 7) is 22.6. The van der Waals surface area contributed by atoms with Gasteiger partial charge in [0.05, 0.1) is 0 Å². The normalized spacial score (nSPS) is 12.2. The highest BCUT2D eigenvalue weighted by Gasteiger charge is 2.17. The molecule has 0 radical (unpaired) electrons. The molecule has 0 saturated carbocycles. The van der Waals surface area contributed by atoms with Gasteiger partial charge in [-0.15, -0.1) is 0 Å². The maximum atomic E-state index is 2.43. The van der Waals surface area contributed by atoms with Crippen LogP contribution >= 0.6 is 0 Å². The van der Waals surface area contributed by atoms with E-state index in [1.807, 2.05) is 6.07 Å². The topological polar surface area (TPSA) is 0 Å². The fourth-order valence-corrected chi connectivity index (χ4v) is 6.51. The van der Waals surface area contributed by atoms with E-state index in [-0.39, 0.29) is 5.41 Å². The average molecular weight is 673 g/mol. The van der Waals surface area contributed by atoms with Crippen molar-refractivity contribution < 1.29 is 0 Å². The molecule has 0 nitrogen and oxygen atoms in total. The lowest BCUT2D eigenvalue weighted by Crippen LogP contribution is -2.12. The van der Waals surface area contributed by atoms with Gasteiger partial charge in [0.15, 0.2) is 0 Å². The zero-order chi connectivity index (χ0) is 37.0. The molecule has 0 N–H and O–H groups in total. The van der Waals surface area contributed by atoms with Crippen LogP contribution in [0, 0.1) is 13.8 Å². The van der Waals surface area contributed by atoms with E-state index < -0.39 is 0 Å². The predicted molar refractivity (Wildman–Crippen MR) is 228 cm³/mol. The van der Waals surface area contributed by atoms with E-state index >= 15 is 0 Å². The molecule has 0 aromatic heterocycles. The summed E-state index contributed by atoms with van der Waals surface area (Å²) in [6, 6.07) is 50.0. The summed E-state index contributed by atoms with van der Waals surface area (Å²) >= 11 is 0. The third kappa shape index (κ3) is 10.7. The molecule has 51 heavy (non-hydrogen) atoms. The fourth-order valence-electron chi connectivity index (χ4n) is 6.51. The Morgan fingerprint density at radius 3 is 1.76 bits per heavy atom. The van der Waals surface area contributed by atoms with Gasteiger partial charge in [0.2, 0.25) is 0 Å². The van der Waals surface area contributed by atoms with Gasteiger partial charge in [-0.2, -0.15) is 0 Å². The highest BCUT2D eigenvalue weighted by atomic mass is 14.2. The summed E-state index contributed by atoms with van der Waals surface area (Å²) in [7, 11) is 0. The number of fused-ring (bicyclic) bond motifs is 1. The summed E-state index contributed by atoms with van der Waals surface area (Å²) in [5, 5.41) is 2.67. The van der Waals surface area contributed by atoms with Crippen LogP contribution in [0.25, 0.3) is 33.0 Å². The molecule has 0 heteroatoms. The van der Waals surface area contributed by atoms with Crippen molar-refractivity contribution in [2.24, 2.45) is 0 Å². The van der Waals surface area contributed by atoms with Crippen LogP contribution in [0.4, 0.5) is 0 Å². The number of aryl methyl sites for hydroxylation is 3. The Morgan fingerprint density at radius 2 is 1.16 bits per heavy atom. The first-order chi connectivity index (χ1) is 24.4. The van der Waals surface area contributed by atoms with Crippen molar-refractivity contribution in [3.63, 3.8) is 0 Å². The molecule has 0 aliphatic carbocycles. The van der Waals surface area contributed by atoms with Crippen molar-refractivity contribution in [1.29, 1.82) is 0 Å². The summed E-state index contributed by atoms with van der Waals surface area (Å²) in [4.78, 5) is 0. The summed E-state index contributed by atoms with van der Waals surface area (Å²) in [5.74, 6) is 0.709. The SMILES string of the molecule is CCC(C)c1ccccc1.CCCc1ccc(C(C)(C)C)cc1/C(C)=C(\C)c1ccc2ccccc2c1C.Cc1ccc(-c2ccccc2)cc1. The van der Waals surface area contributed by atoms with Gasteiger partial charge in [0.1, 0.15) is 0 Å².